The van der Waals surface area contributed by atoms with E-state index in [0.717, 1.165) is 12.8 Å². The molecule has 3 heteroatoms. The molecular weight excluding hydrogens is 256 g/mol. The fourth-order valence-corrected chi connectivity index (χ4v) is 0.992. The largest absolute Gasteiger partial charge is 0.462 e. The number of carbonyl (C=O) groups excluding carboxylic acids is 1. The molecule has 0 aromatic carbocycles. The monoisotopic (exact) mass is 276 g/mol. The molecule has 0 saturated carbocycles. The van der Waals surface area contributed by atoms with Gasteiger partial charge in [-0.2, -0.15) is 0 Å². The van der Waals surface area contributed by atoms with Crippen molar-refractivity contribution in [3.8, 4) is 0 Å². The molecule has 0 radical (unpaired) electrons. The average Bonchev–Trinajstić information content (AvgIpc) is 2.02. The van der Waals surface area contributed by atoms with E-state index in [1.54, 1.807) is 0 Å². The molecule has 0 aliphatic heterocycles. The number of allylic oxidation sites excluding steroid dienone is 3. The molecule has 0 rings (SSSR count). The maximum atomic E-state index is 10.5. The van der Waals surface area contributed by atoms with E-state index < -0.39 is 0 Å². The van der Waals surface area contributed by atoms with Gasteiger partial charge in [0.15, 0.2) is 0 Å². The highest BCUT2D eigenvalue weighted by atomic mass is 79.9. The Morgan fingerprint density at radius 3 is 2.20 bits per heavy atom. The molecule has 15 heavy (non-hydrogen) atoms. The number of carbonyl (C=O) groups is 1. The third-order valence-corrected chi connectivity index (χ3v) is 1.81. The van der Waals surface area contributed by atoms with Crippen LogP contribution in [0.25, 0.3) is 0 Å². The van der Waals surface area contributed by atoms with Gasteiger partial charge in [0.1, 0.15) is 6.61 Å². The third kappa shape index (κ3) is 13.4. The first-order chi connectivity index (χ1) is 6.52. The molecule has 0 aliphatic rings. The van der Waals surface area contributed by atoms with Crippen LogP contribution in [-0.4, -0.2) is 12.6 Å². The average molecular weight is 277 g/mol. The van der Waals surface area contributed by atoms with E-state index in [1.165, 1.54) is 18.1 Å². The molecule has 88 valence electrons. The smallest absolute Gasteiger partial charge is 0.302 e. The topological polar surface area (TPSA) is 26.3 Å². The molecule has 2 nitrogen and oxygen atoms in total. The van der Waals surface area contributed by atoms with E-state index in [0.29, 0.717) is 6.61 Å². The van der Waals surface area contributed by atoms with Crippen molar-refractivity contribution in [3.63, 3.8) is 0 Å². The maximum Gasteiger partial charge on any atom is 0.302 e. The predicted molar refractivity (Wildman–Crippen MR) is 69.4 cm³/mol. The van der Waals surface area contributed by atoms with E-state index in [2.05, 4.69) is 26.8 Å². The lowest BCUT2D eigenvalue weighted by Crippen LogP contribution is -1.98. The van der Waals surface area contributed by atoms with Crippen LogP contribution < -0.4 is 0 Å². The highest BCUT2D eigenvalue weighted by Crippen LogP contribution is 2.06. The first-order valence-corrected chi connectivity index (χ1v) is 4.94. The fraction of sp³-hybridized carbons (Fsp3) is 0.583. The SMILES string of the molecule is Br.CC(=O)OC/C=C(\C)CCC=C(C)C. The summed E-state index contributed by atoms with van der Waals surface area (Å²) >= 11 is 0. The Labute approximate surface area is 103 Å². The van der Waals surface area contributed by atoms with Gasteiger partial charge in [-0.3, -0.25) is 4.79 Å². The zero-order valence-corrected chi connectivity index (χ0v) is 11.7. The fourth-order valence-electron chi connectivity index (χ4n) is 0.992. The van der Waals surface area contributed by atoms with Crippen LogP contribution >= 0.6 is 17.0 Å². The molecule has 0 bridgehead atoms. The number of rotatable bonds is 5. The van der Waals surface area contributed by atoms with Crippen molar-refractivity contribution in [1.29, 1.82) is 0 Å². The van der Waals surface area contributed by atoms with Crippen LogP contribution in [0.1, 0.15) is 40.5 Å². The van der Waals surface area contributed by atoms with Crippen molar-refractivity contribution >= 4 is 23.0 Å². The summed E-state index contributed by atoms with van der Waals surface area (Å²) in [6, 6.07) is 0. The van der Waals surface area contributed by atoms with Gasteiger partial charge in [-0.15, -0.1) is 17.0 Å². The molecule has 0 aromatic rings. The molecule has 0 N–H and O–H groups in total. The molecule has 0 unspecified atom stereocenters. The van der Waals surface area contributed by atoms with Crippen molar-refractivity contribution in [1.82, 2.24) is 0 Å². The van der Waals surface area contributed by atoms with Crippen LogP contribution in [0.3, 0.4) is 0 Å². The molecule has 0 aliphatic carbocycles. The summed E-state index contributed by atoms with van der Waals surface area (Å²) in [7, 11) is 0. The van der Waals surface area contributed by atoms with E-state index in [-0.39, 0.29) is 23.0 Å². The van der Waals surface area contributed by atoms with Gasteiger partial charge in [-0.1, -0.05) is 17.2 Å². The van der Waals surface area contributed by atoms with Gasteiger partial charge in [0.05, 0.1) is 0 Å². The van der Waals surface area contributed by atoms with Crippen LogP contribution in [0.4, 0.5) is 0 Å². The van der Waals surface area contributed by atoms with E-state index >= 15 is 0 Å². The maximum absolute atomic E-state index is 10.5. The van der Waals surface area contributed by atoms with E-state index in [1.807, 2.05) is 6.08 Å². The summed E-state index contributed by atoms with van der Waals surface area (Å²) in [4.78, 5) is 10.5. The van der Waals surface area contributed by atoms with Crippen molar-refractivity contribution in [2.24, 2.45) is 0 Å². The summed E-state index contributed by atoms with van der Waals surface area (Å²) in [6.07, 6.45) is 6.26. The summed E-state index contributed by atoms with van der Waals surface area (Å²) in [5, 5.41) is 0. The molecule has 0 heterocycles. The number of hydrogen-bond acceptors (Lipinski definition) is 2. The normalized spacial score (nSPS) is 10.3. The number of ether oxygens (including phenoxy) is 1. The first kappa shape index (κ1) is 16.8. The number of halogens is 1. The zero-order chi connectivity index (χ0) is 11.0. The predicted octanol–water partition coefficient (Wildman–Crippen LogP) is 3.82. The molecule has 0 amide bonds. The van der Waals surface area contributed by atoms with Gasteiger partial charge in [-0.25, -0.2) is 0 Å². The zero-order valence-electron chi connectivity index (χ0n) is 10.0. The second-order valence-corrected chi connectivity index (χ2v) is 3.67. The van der Waals surface area contributed by atoms with Crippen LogP contribution in [0.15, 0.2) is 23.3 Å². The van der Waals surface area contributed by atoms with Gasteiger partial charge in [0.2, 0.25) is 0 Å². The van der Waals surface area contributed by atoms with Crippen LogP contribution in [0, 0.1) is 0 Å². The van der Waals surface area contributed by atoms with Crippen molar-refractivity contribution in [2.75, 3.05) is 6.61 Å². The van der Waals surface area contributed by atoms with E-state index in [4.69, 9.17) is 4.74 Å². The second kappa shape index (κ2) is 9.97. The Morgan fingerprint density at radius 1 is 1.13 bits per heavy atom. The minimum Gasteiger partial charge on any atom is -0.462 e. The number of esters is 1. The summed E-state index contributed by atoms with van der Waals surface area (Å²) in [6.45, 7) is 8.07. The standard InChI is InChI=1S/C12H20O2.BrH/c1-10(2)6-5-7-11(3)8-9-14-12(4)13;/h6,8H,5,7,9H2,1-4H3;1H/b11-8+;. The third-order valence-electron chi connectivity index (χ3n) is 1.81. The highest BCUT2D eigenvalue weighted by molar-refractivity contribution is 8.93. The Morgan fingerprint density at radius 2 is 1.73 bits per heavy atom. The molecule has 0 spiro atoms. The second-order valence-electron chi connectivity index (χ2n) is 3.67. The summed E-state index contributed by atoms with van der Waals surface area (Å²) in [5.41, 5.74) is 2.61. The van der Waals surface area contributed by atoms with Gasteiger partial charge in [0, 0.05) is 6.92 Å². The minimum absolute atomic E-state index is 0. The summed E-state index contributed by atoms with van der Waals surface area (Å²) < 4.78 is 4.81. The Bertz CT molecular complexity index is 238. The minimum atomic E-state index is -0.224. The molecule has 0 aromatic heterocycles. The summed E-state index contributed by atoms with van der Waals surface area (Å²) in [5.74, 6) is -0.224. The quantitative estimate of drug-likeness (QED) is 0.564. The van der Waals surface area contributed by atoms with Crippen LogP contribution in [0.5, 0.6) is 0 Å². The molecular formula is C12H21BrO2. The molecule has 0 fully saturated rings. The highest BCUT2D eigenvalue weighted by Gasteiger charge is 1.91. The lowest BCUT2D eigenvalue weighted by atomic mass is 10.1. The van der Waals surface area contributed by atoms with Gasteiger partial charge in [0.25, 0.3) is 0 Å². The van der Waals surface area contributed by atoms with E-state index in [9.17, 15) is 4.79 Å². The number of hydrogen-bond donors (Lipinski definition) is 0. The van der Waals surface area contributed by atoms with Gasteiger partial charge in [-0.05, 0) is 39.7 Å². The Balaban J connectivity index is 0. The van der Waals surface area contributed by atoms with Crippen LogP contribution in [0.2, 0.25) is 0 Å². The lowest BCUT2D eigenvalue weighted by molar-refractivity contribution is -0.139. The Kier molecular flexibility index (Phi) is 11.2. The first-order valence-electron chi connectivity index (χ1n) is 4.94. The van der Waals surface area contributed by atoms with Crippen molar-refractivity contribution in [2.45, 2.75) is 40.5 Å². The molecule has 0 atom stereocenters. The van der Waals surface area contributed by atoms with Crippen molar-refractivity contribution in [3.05, 3.63) is 23.3 Å². The van der Waals surface area contributed by atoms with Crippen LogP contribution in [-0.2, 0) is 9.53 Å². The Hall–Kier alpha value is -0.570. The van der Waals surface area contributed by atoms with Crippen molar-refractivity contribution < 1.29 is 9.53 Å². The van der Waals surface area contributed by atoms with Gasteiger partial charge >= 0.3 is 5.97 Å². The lowest BCUT2D eigenvalue weighted by Gasteiger charge is -2.00. The molecule has 0 saturated heterocycles. The van der Waals surface area contributed by atoms with Gasteiger partial charge < -0.3 is 4.74 Å².